The van der Waals surface area contributed by atoms with Crippen LogP contribution in [-0.2, 0) is 28.7 Å². The summed E-state index contributed by atoms with van der Waals surface area (Å²) >= 11 is 0. The Bertz CT molecular complexity index is 1160. The van der Waals surface area contributed by atoms with Gasteiger partial charge in [-0.1, -0.05) is 17.9 Å². The minimum absolute atomic E-state index is 0.163. The summed E-state index contributed by atoms with van der Waals surface area (Å²) in [7, 11) is 0.472. The highest BCUT2D eigenvalue weighted by Crippen LogP contribution is 2.26. The first-order valence-electron chi connectivity index (χ1n) is 9.80. The minimum atomic E-state index is -1.67. The standard InChI is InChI=1S/C21H23N5O4S/c1-24-11-9-21(29,20(24)28)8-6-14-4-3-5-15(12-14)26-17-7-10-25(31(2)30)13-16(17)18(23-26)19(22)27/h3-5,12,29H,7,9-11,13H2,1-2H3,(H2,22,27). The van der Waals surface area contributed by atoms with Gasteiger partial charge in [0.2, 0.25) is 5.60 Å². The van der Waals surface area contributed by atoms with Crippen molar-refractivity contribution < 1.29 is 18.9 Å². The van der Waals surface area contributed by atoms with E-state index in [0.29, 0.717) is 42.9 Å². The first kappa shape index (κ1) is 21.2. The number of aromatic nitrogens is 2. The summed E-state index contributed by atoms with van der Waals surface area (Å²) in [6, 6.07) is 7.18. The molecule has 1 aromatic carbocycles. The molecule has 2 aliphatic rings. The van der Waals surface area contributed by atoms with Crippen LogP contribution in [0.4, 0.5) is 0 Å². The van der Waals surface area contributed by atoms with Crippen LogP contribution in [0.1, 0.15) is 33.7 Å². The van der Waals surface area contributed by atoms with Crippen molar-refractivity contribution in [1.29, 1.82) is 0 Å². The molecule has 10 heteroatoms. The number of benzene rings is 1. The Kier molecular flexibility index (Phi) is 5.43. The molecule has 2 amide bonds. The summed E-state index contributed by atoms with van der Waals surface area (Å²) in [6.07, 6.45) is 2.42. The second kappa shape index (κ2) is 7.92. The third-order valence-corrected chi connectivity index (χ3v) is 6.67. The highest BCUT2D eigenvalue weighted by molar-refractivity contribution is 7.81. The Hall–Kier alpha value is -3.00. The van der Waals surface area contributed by atoms with Crippen molar-refractivity contribution in [3.63, 3.8) is 0 Å². The van der Waals surface area contributed by atoms with Crippen molar-refractivity contribution >= 4 is 22.8 Å². The van der Waals surface area contributed by atoms with E-state index in [1.807, 2.05) is 6.07 Å². The zero-order valence-corrected chi connectivity index (χ0v) is 18.1. The molecule has 0 aliphatic carbocycles. The fourth-order valence-corrected chi connectivity index (χ4v) is 4.55. The van der Waals surface area contributed by atoms with Crippen LogP contribution in [0.3, 0.4) is 0 Å². The van der Waals surface area contributed by atoms with Crippen molar-refractivity contribution in [2.75, 3.05) is 26.4 Å². The van der Waals surface area contributed by atoms with Crippen molar-refractivity contribution in [2.45, 2.75) is 25.0 Å². The number of carbonyl (C=O) groups excluding carboxylic acids is 2. The summed E-state index contributed by atoms with van der Waals surface area (Å²) in [5.41, 5.74) is 6.84. The van der Waals surface area contributed by atoms with E-state index in [0.717, 1.165) is 5.69 Å². The van der Waals surface area contributed by atoms with Crippen LogP contribution in [0.25, 0.3) is 5.69 Å². The molecular weight excluding hydrogens is 418 g/mol. The van der Waals surface area contributed by atoms with E-state index in [9.17, 15) is 18.9 Å². The zero-order chi connectivity index (χ0) is 22.3. The van der Waals surface area contributed by atoms with Crippen LogP contribution in [0, 0.1) is 11.8 Å². The zero-order valence-electron chi connectivity index (χ0n) is 17.3. The topological polar surface area (TPSA) is 122 Å². The van der Waals surface area contributed by atoms with Gasteiger partial charge < -0.3 is 15.7 Å². The number of amides is 2. The maximum absolute atomic E-state index is 12.1. The molecule has 1 saturated heterocycles. The molecule has 0 saturated carbocycles. The number of primary amides is 1. The lowest BCUT2D eigenvalue weighted by Gasteiger charge is -2.25. The minimum Gasteiger partial charge on any atom is -0.369 e. The lowest BCUT2D eigenvalue weighted by atomic mass is 10.0. The van der Waals surface area contributed by atoms with E-state index in [-0.39, 0.29) is 12.1 Å². The maximum atomic E-state index is 12.1. The van der Waals surface area contributed by atoms with Gasteiger partial charge in [0.25, 0.3) is 11.8 Å². The fraction of sp³-hybridized carbons (Fsp3) is 0.381. The highest BCUT2D eigenvalue weighted by Gasteiger charge is 2.42. The molecule has 1 fully saturated rings. The Morgan fingerprint density at radius 2 is 2.13 bits per heavy atom. The summed E-state index contributed by atoms with van der Waals surface area (Å²) < 4.78 is 15.3. The average molecular weight is 442 g/mol. The maximum Gasteiger partial charge on any atom is 0.269 e. The number of nitrogens with two attached hydrogens (primary N) is 1. The molecule has 2 aliphatic heterocycles. The summed E-state index contributed by atoms with van der Waals surface area (Å²) in [5.74, 6) is 4.56. The van der Waals surface area contributed by atoms with Crippen LogP contribution in [0.5, 0.6) is 0 Å². The number of carbonyl (C=O) groups is 2. The molecule has 3 heterocycles. The van der Waals surface area contributed by atoms with Crippen LogP contribution in [0.15, 0.2) is 24.3 Å². The van der Waals surface area contributed by atoms with Gasteiger partial charge in [-0.3, -0.25) is 9.59 Å². The first-order valence-corrected chi connectivity index (χ1v) is 11.3. The normalized spacial score (nSPS) is 22.0. The number of nitrogens with zero attached hydrogens (tertiary/aromatic N) is 4. The molecule has 9 nitrogen and oxygen atoms in total. The van der Waals surface area contributed by atoms with Gasteiger partial charge in [-0.2, -0.15) is 5.10 Å². The first-order chi connectivity index (χ1) is 14.7. The molecule has 0 bridgehead atoms. The summed E-state index contributed by atoms with van der Waals surface area (Å²) in [6.45, 7) is 1.36. The third kappa shape index (κ3) is 3.87. The number of aliphatic hydroxyl groups is 1. The van der Waals surface area contributed by atoms with Gasteiger partial charge in [-0.05, 0) is 18.2 Å². The predicted molar refractivity (Wildman–Crippen MR) is 114 cm³/mol. The van der Waals surface area contributed by atoms with Gasteiger partial charge >= 0.3 is 0 Å². The van der Waals surface area contributed by atoms with Crippen LogP contribution >= 0.6 is 0 Å². The van der Waals surface area contributed by atoms with E-state index in [1.165, 1.54) is 4.90 Å². The molecule has 3 N–H and O–H groups in total. The van der Waals surface area contributed by atoms with Gasteiger partial charge in [0.1, 0.15) is 0 Å². The molecule has 2 aromatic rings. The quantitative estimate of drug-likeness (QED) is 0.626. The van der Waals surface area contributed by atoms with Crippen molar-refractivity contribution in [2.24, 2.45) is 5.73 Å². The second-order valence-electron chi connectivity index (χ2n) is 7.72. The molecule has 4 rings (SSSR count). The van der Waals surface area contributed by atoms with E-state index >= 15 is 0 Å². The number of hydrogen-bond acceptors (Lipinski definition) is 5. The molecule has 0 radical (unpaired) electrons. The van der Waals surface area contributed by atoms with Gasteiger partial charge in [0.15, 0.2) is 5.69 Å². The fourth-order valence-electron chi connectivity index (χ4n) is 3.89. The average Bonchev–Trinajstić information content (AvgIpc) is 3.26. The Morgan fingerprint density at radius 1 is 1.35 bits per heavy atom. The second-order valence-corrected chi connectivity index (χ2v) is 9.09. The number of rotatable bonds is 3. The van der Waals surface area contributed by atoms with Crippen LogP contribution < -0.4 is 5.73 Å². The van der Waals surface area contributed by atoms with E-state index in [2.05, 4.69) is 16.9 Å². The van der Waals surface area contributed by atoms with Gasteiger partial charge in [0, 0.05) is 56.9 Å². The molecule has 2 unspecified atom stereocenters. The summed E-state index contributed by atoms with van der Waals surface area (Å²) in [4.78, 5) is 25.6. The molecule has 2 atom stereocenters. The van der Waals surface area contributed by atoms with Gasteiger partial charge in [0.05, 0.1) is 22.4 Å². The molecule has 0 spiro atoms. The Morgan fingerprint density at radius 3 is 2.77 bits per heavy atom. The predicted octanol–water partition coefficient (Wildman–Crippen LogP) is -0.432. The molecule has 1 aromatic heterocycles. The molecule has 162 valence electrons. The monoisotopic (exact) mass is 441 g/mol. The Balaban J connectivity index is 1.71. The third-order valence-electron chi connectivity index (χ3n) is 5.63. The number of likely N-dealkylation sites (N-methyl/N-ethyl adjacent to an activating group) is 1. The Labute approximate surface area is 182 Å². The lowest BCUT2D eigenvalue weighted by molar-refractivity contribution is -0.137. The van der Waals surface area contributed by atoms with Crippen molar-refractivity contribution in [3.05, 3.63) is 46.8 Å². The van der Waals surface area contributed by atoms with Gasteiger partial charge in [-0.25, -0.2) is 13.2 Å². The van der Waals surface area contributed by atoms with E-state index in [1.54, 1.807) is 40.5 Å². The van der Waals surface area contributed by atoms with E-state index in [4.69, 9.17) is 5.73 Å². The summed E-state index contributed by atoms with van der Waals surface area (Å²) in [5, 5.41) is 14.9. The van der Waals surface area contributed by atoms with Crippen molar-refractivity contribution in [1.82, 2.24) is 19.0 Å². The largest absolute Gasteiger partial charge is 0.369 e. The number of likely N-dealkylation sites (tertiary alicyclic amines) is 1. The van der Waals surface area contributed by atoms with Crippen LogP contribution in [0.2, 0.25) is 0 Å². The smallest absolute Gasteiger partial charge is 0.269 e. The highest BCUT2D eigenvalue weighted by atomic mass is 32.2. The van der Waals surface area contributed by atoms with Crippen LogP contribution in [-0.4, -0.2) is 72.1 Å². The van der Waals surface area contributed by atoms with Crippen molar-refractivity contribution in [3.8, 4) is 17.5 Å². The number of fused-ring (bicyclic) bond motifs is 1. The van der Waals surface area contributed by atoms with E-state index < -0.39 is 28.4 Å². The number of hydrogen-bond donors (Lipinski definition) is 2. The SMILES string of the molecule is CN1CCC(O)(C#Cc2cccc(-n3nc(C(N)=O)c4c3CCN(S(C)=O)C4)c2)C1=O. The molecular formula is C21H23N5O4S. The van der Waals surface area contributed by atoms with Gasteiger partial charge in [-0.15, -0.1) is 0 Å². The molecule has 31 heavy (non-hydrogen) atoms. The lowest BCUT2D eigenvalue weighted by Crippen LogP contribution is -2.37.